The van der Waals surface area contributed by atoms with Gasteiger partial charge in [-0.15, -0.1) is 0 Å². The number of hydrogen-bond donors (Lipinski definition) is 1. The van der Waals surface area contributed by atoms with Gasteiger partial charge in [-0.05, 0) is 48.9 Å². The summed E-state index contributed by atoms with van der Waals surface area (Å²) in [5, 5.41) is 3.02. The monoisotopic (exact) mass is 430 g/mol. The second kappa shape index (κ2) is 9.56. The minimum absolute atomic E-state index is 0.0326. The first-order chi connectivity index (χ1) is 15.6. The number of piperidine rings is 1. The van der Waals surface area contributed by atoms with Crippen LogP contribution in [0.25, 0.3) is 0 Å². The molecule has 0 aromatic heterocycles. The van der Waals surface area contributed by atoms with Gasteiger partial charge in [0.25, 0.3) is 0 Å². The molecule has 1 heterocycles. The standard InChI is InChI=1S/C26H26N2O4/c1-31-20-14-12-19(13-15-20)28-24(29)17-16-22(26(30)27-18-8-4-3-5-9-18)25(28)21-10-6-7-11-23(21)32-2/h3-15,22,25H,16-17H2,1-2H3,(H,27,30). The van der Waals surface area contributed by atoms with Crippen molar-refractivity contribution in [3.05, 3.63) is 84.4 Å². The summed E-state index contributed by atoms with van der Waals surface area (Å²) < 4.78 is 10.9. The number of para-hydroxylation sites is 2. The van der Waals surface area contributed by atoms with E-state index in [0.29, 0.717) is 23.6 Å². The summed E-state index contributed by atoms with van der Waals surface area (Å²) in [5.74, 6) is 0.730. The quantitative estimate of drug-likeness (QED) is 0.608. The number of anilines is 2. The summed E-state index contributed by atoms with van der Waals surface area (Å²) in [6.07, 6.45) is 0.734. The minimum atomic E-state index is -0.510. The molecule has 2 amide bonds. The molecule has 1 saturated heterocycles. The maximum atomic E-state index is 13.4. The molecule has 1 aliphatic heterocycles. The normalized spacial score (nSPS) is 18.2. The third kappa shape index (κ3) is 4.30. The van der Waals surface area contributed by atoms with Crippen LogP contribution in [-0.2, 0) is 9.59 Å². The van der Waals surface area contributed by atoms with E-state index in [0.717, 1.165) is 11.3 Å². The molecule has 2 atom stereocenters. The van der Waals surface area contributed by atoms with Gasteiger partial charge in [-0.3, -0.25) is 9.59 Å². The van der Waals surface area contributed by atoms with E-state index in [-0.39, 0.29) is 18.2 Å². The minimum Gasteiger partial charge on any atom is -0.497 e. The summed E-state index contributed by atoms with van der Waals surface area (Å²) in [7, 11) is 3.20. The smallest absolute Gasteiger partial charge is 0.229 e. The average Bonchev–Trinajstić information content (AvgIpc) is 2.84. The molecule has 6 heteroatoms. The molecule has 0 radical (unpaired) electrons. The van der Waals surface area contributed by atoms with Crippen molar-refractivity contribution in [3.8, 4) is 11.5 Å². The molecule has 0 aliphatic carbocycles. The van der Waals surface area contributed by atoms with Crippen LogP contribution in [0.2, 0.25) is 0 Å². The van der Waals surface area contributed by atoms with Crippen molar-refractivity contribution in [2.45, 2.75) is 18.9 Å². The highest BCUT2D eigenvalue weighted by Gasteiger charge is 2.42. The number of ether oxygens (including phenoxy) is 2. The van der Waals surface area contributed by atoms with Crippen LogP contribution in [0.15, 0.2) is 78.9 Å². The second-order valence-electron chi connectivity index (χ2n) is 7.65. The highest BCUT2D eigenvalue weighted by atomic mass is 16.5. The fraction of sp³-hybridized carbons (Fsp3) is 0.231. The van der Waals surface area contributed by atoms with Gasteiger partial charge in [-0.25, -0.2) is 0 Å². The highest BCUT2D eigenvalue weighted by Crippen LogP contribution is 2.43. The molecule has 32 heavy (non-hydrogen) atoms. The summed E-state index contributed by atoms with van der Waals surface area (Å²) in [6, 6.07) is 23.7. The topological polar surface area (TPSA) is 67.9 Å². The molecule has 3 aromatic carbocycles. The lowest BCUT2D eigenvalue weighted by molar-refractivity contribution is -0.125. The Morgan fingerprint density at radius 2 is 1.59 bits per heavy atom. The van der Waals surface area contributed by atoms with E-state index in [1.807, 2.05) is 78.9 Å². The lowest BCUT2D eigenvalue weighted by atomic mass is 9.82. The molecule has 1 fully saturated rings. The van der Waals surface area contributed by atoms with Gasteiger partial charge in [0.05, 0.1) is 26.2 Å². The number of carbonyl (C=O) groups is 2. The maximum Gasteiger partial charge on any atom is 0.229 e. The lowest BCUT2D eigenvalue weighted by Gasteiger charge is -2.41. The first-order valence-electron chi connectivity index (χ1n) is 10.6. The Balaban J connectivity index is 1.77. The van der Waals surface area contributed by atoms with Crippen LogP contribution >= 0.6 is 0 Å². The Bertz CT molecular complexity index is 1080. The van der Waals surface area contributed by atoms with E-state index < -0.39 is 12.0 Å². The van der Waals surface area contributed by atoms with Crippen LogP contribution in [0.4, 0.5) is 11.4 Å². The summed E-state index contributed by atoms with van der Waals surface area (Å²) >= 11 is 0. The van der Waals surface area contributed by atoms with Gasteiger partial charge in [-0.1, -0.05) is 36.4 Å². The van der Waals surface area contributed by atoms with Crippen LogP contribution in [0.5, 0.6) is 11.5 Å². The Hall–Kier alpha value is -3.80. The van der Waals surface area contributed by atoms with E-state index in [4.69, 9.17) is 9.47 Å². The molecule has 1 aliphatic rings. The van der Waals surface area contributed by atoms with E-state index in [1.165, 1.54) is 0 Å². The molecule has 1 N–H and O–H groups in total. The number of amides is 2. The fourth-order valence-corrected chi connectivity index (χ4v) is 4.24. The van der Waals surface area contributed by atoms with Crippen molar-refractivity contribution < 1.29 is 19.1 Å². The lowest BCUT2D eigenvalue weighted by Crippen LogP contribution is -2.47. The number of methoxy groups -OCH3 is 2. The summed E-state index contributed by atoms with van der Waals surface area (Å²) in [5.41, 5.74) is 2.24. The van der Waals surface area contributed by atoms with Crippen molar-refractivity contribution >= 4 is 23.2 Å². The number of hydrogen-bond acceptors (Lipinski definition) is 4. The van der Waals surface area contributed by atoms with E-state index in [1.54, 1.807) is 19.1 Å². The molecule has 0 bridgehead atoms. The zero-order valence-corrected chi connectivity index (χ0v) is 18.2. The van der Waals surface area contributed by atoms with Crippen LogP contribution in [0, 0.1) is 5.92 Å². The molecular formula is C26H26N2O4. The Labute approximate surface area is 187 Å². The van der Waals surface area contributed by atoms with Gasteiger partial charge < -0.3 is 19.7 Å². The fourth-order valence-electron chi connectivity index (χ4n) is 4.24. The zero-order chi connectivity index (χ0) is 22.5. The van der Waals surface area contributed by atoms with Crippen molar-refractivity contribution in [1.82, 2.24) is 0 Å². The predicted octanol–water partition coefficient (Wildman–Crippen LogP) is 4.83. The second-order valence-corrected chi connectivity index (χ2v) is 7.65. The number of benzene rings is 3. The first-order valence-corrected chi connectivity index (χ1v) is 10.6. The van der Waals surface area contributed by atoms with E-state index in [2.05, 4.69) is 5.32 Å². The molecule has 2 unspecified atom stereocenters. The van der Waals surface area contributed by atoms with Gasteiger partial charge in [0.2, 0.25) is 11.8 Å². The van der Waals surface area contributed by atoms with Gasteiger partial charge in [-0.2, -0.15) is 0 Å². The Kier molecular flexibility index (Phi) is 6.40. The zero-order valence-electron chi connectivity index (χ0n) is 18.2. The third-order valence-corrected chi connectivity index (χ3v) is 5.78. The molecule has 164 valence electrons. The molecule has 6 nitrogen and oxygen atoms in total. The summed E-state index contributed by atoms with van der Waals surface area (Å²) in [6.45, 7) is 0. The van der Waals surface area contributed by atoms with Crippen LogP contribution in [0.1, 0.15) is 24.4 Å². The molecular weight excluding hydrogens is 404 g/mol. The third-order valence-electron chi connectivity index (χ3n) is 5.78. The van der Waals surface area contributed by atoms with Crippen molar-refractivity contribution in [3.63, 3.8) is 0 Å². The SMILES string of the molecule is COc1ccc(N2C(=O)CCC(C(=O)Nc3ccccc3)C2c2ccccc2OC)cc1. The number of nitrogens with one attached hydrogen (secondary N) is 1. The number of carbonyl (C=O) groups excluding carboxylic acids is 2. The molecule has 0 saturated carbocycles. The van der Waals surface area contributed by atoms with Gasteiger partial charge in [0.1, 0.15) is 11.5 Å². The van der Waals surface area contributed by atoms with E-state index in [9.17, 15) is 9.59 Å². The molecule has 4 rings (SSSR count). The summed E-state index contributed by atoms with van der Waals surface area (Å²) in [4.78, 5) is 28.3. The molecule has 3 aromatic rings. The van der Waals surface area contributed by atoms with E-state index >= 15 is 0 Å². The number of rotatable bonds is 6. The first kappa shape index (κ1) is 21.4. The van der Waals surface area contributed by atoms with Crippen molar-refractivity contribution in [1.29, 1.82) is 0 Å². The Morgan fingerprint density at radius 3 is 2.28 bits per heavy atom. The largest absolute Gasteiger partial charge is 0.497 e. The highest BCUT2D eigenvalue weighted by molar-refractivity contribution is 6.00. The maximum absolute atomic E-state index is 13.4. The average molecular weight is 431 g/mol. The van der Waals surface area contributed by atoms with Crippen LogP contribution in [0.3, 0.4) is 0 Å². The van der Waals surface area contributed by atoms with Gasteiger partial charge in [0, 0.05) is 23.4 Å². The van der Waals surface area contributed by atoms with Crippen LogP contribution in [-0.4, -0.2) is 26.0 Å². The van der Waals surface area contributed by atoms with Gasteiger partial charge in [0.15, 0.2) is 0 Å². The van der Waals surface area contributed by atoms with Crippen molar-refractivity contribution in [2.75, 3.05) is 24.4 Å². The molecule has 0 spiro atoms. The number of nitrogens with zero attached hydrogens (tertiary/aromatic N) is 1. The van der Waals surface area contributed by atoms with Crippen LogP contribution < -0.4 is 19.7 Å². The predicted molar refractivity (Wildman–Crippen MR) is 124 cm³/mol. The van der Waals surface area contributed by atoms with Crippen molar-refractivity contribution in [2.24, 2.45) is 5.92 Å². The van der Waals surface area contributed by atoms with Gasteiger partial charge >= 0.3 is 0 Å². The Morgan fingerprint density at radius 1 is 0.906 bits per heavy atom.